The molecule has 4 heteroatoms. The van der Waals surface area contributed by atoms with Gasteiger partial charge in [0, 0.05) is 6.54 Å². The Labute approximate surface area is 102 Å². The first-order chi connectivity index (χ1) is 7.93. The van der Waals surface area contributed by atoms with Crippen LogP contribution in [0.15, 0.2) is 6.07 Å². The molecule has 0 heterocycles. The van der Waals surface area contributed by atoms with E-state index in [0.29, 0.717) is 5.56 Å². The van der Waals surface area contributed by atoms with Gasteiger partial charge in [0.15, 0.2) is 0 Å². The molecule has 2 atom stereocenters. The van der Waals surface area contributed by atoms with Gasteiger partial charge in [-0.2, -0.15) is 0 Å². The SMILES string of the molecule is COc1c(C)cc(C(O)C(O)CN)c(C)c1C. The minimum Gasteiger partial charge on any atom is -0.496 e. The van der Waals surface area contributed by atoms with Crippen molar-refractivity contribution in [2.24, 2.45) is 5.73 Å². The van der Waals surface area contributed by atoms with Crippen LogP contribution >= 0.6 is 0 Å². The lowest BCUT2D eigenvalue weighted by Crippen LogP contribution is -2.27. The number of rotatable bonds is 4. The number of methoxy groups -OCH3 is 1. The molecule has 0 bridgehead atoms. The Morgan fingerprint density at radius 2 is 1.82 bits per heavy atom. The molecule has 1 rings (SSSR count). The average Bonchev–Trinajstić information content (AvgIpc) is 2.32. The molecule has 0 aliphatic carbocycles. The maximum atomic E-state index is 10.0. The van der Waals surface area contributed by atoms with E-state index in [1.165, 1.54) is 0 Å². The fourth-order valence-electron chi connectivity index (χ4n) is 2.05. The average molecular weight is 239 g/mol. The minimum absolute atomic E-state index is 0.0325. The Morgan fingerprint density at radius 1 is 1.24 bits per heavy atom. The zero-order valence-corrected chi connectivity index (χ0v) is 10.8. The van der Waals surface area contributed by atoms with Gasteiger partial charge in [0.25, 0.3) is 0 Å². The first-order valence-corrected chi connectivity index (χ1v) is 5.64. The second-order valence-corrected chi connectivity index (χ2v) is 4.31. The van der Waals surface area contributed by atoms with Crippen molar-refractivity contribution in [3.05, 3.63) is 28.3 Å². The van der Waals surface area contributed by atoms with Crippen LogP contribution in [0.5, 0.6) is 5.75 Å². The van der Waals surface area contributed by atoms with Crippen molar-refractivity contribution >= 4 is 0 Å². The molecule has 0 radical (unpaired) electrons. The van der Waals surface area contributed by atoms with Crippen molar-refractivity contribution in [3.63, 3.8) is 0 Å². The highest BCUT2D eigenvalue weighted by Gasteiger charge is 2.21. The largest absolute Gasteiger partial charge is 0.496 e. The van der Waals surface area contributed by atoms with Crippen LogP contribution in [0, 0.1) is 20.8 Å². The molecule has 4 nitrogen and oxygen atoms in total. The molecule has 4 N–H and O–H groups in total. The molecule has 2 unspecified atom stereocenters. The van der Waals surface area contributed by atoms with Crippen molar-refractivity contribution in [1.82, 2.24) is 0 Å². The summed E-state index contributed by atoms with van der Waals surface area (Å²) in [6.45, 7) is 5.78. The van der Waals surface area contributed by atoms with Gasteiger partial charge < -0.3 is 20.7 Å². The molecule has 0 aliphatic rings. The number of aliphatic hydroxyl groups is 2. The van der Waals surface area contributed by atoms with Crippen molar-refractivity contribution in [2.45, 2.75) is 33.0 Å². The van der Waals surface area contributed by atoms with E-state index in [4.69, 9.17) is 10.5 Å². The zero-order valence-electron chi connectivity index (χ0n) is 10.8. The molecule has 0 amide bonds. The molecule has 0 spiro atoms. The third kappa shape index (κ3) is 2.60. The number of hydrogen-bond donors (Lipinski definition) is 3. The predicted octanol–water partition coefficient (Wildman–Crippen LogP) is 0.973. The van der Waals surface area contributed by atoms with E-state index >= 15 is 0 Å². The summed E-state index contributed by atoms with van der Waals surface area (Å²) >= 11 is 0. The molecule has 0 saturated carbocycles. The summed E-state index contributed by atoms with van der Waals surface area (Å²) in [5.41, 5.74) is 8.90. The van der Waals surface area contributed by atoms with Crippen LogP contribution in [0.2, 0.25) is 0 Å². The number of ether oxygens (including phenoxy) is 1. The second-order valence-electron chi connectivity index (χ2n) is 4.31. The van der Waals surface area contributed by atoms with E-state index in [1.807, 2.05) is 26.8 Å². The second kappa shape index (κ2) is 5.49. The summed E-state index contributed by atoms with van der Waals surface area (Å²) in [4.78, 5) is 0. The lowest BCUT2D eigenvalue weighted by atomic mass is 9.93. The Balaban J connectivity index is 3.27. The number of aliphatic hydroxyl groups excluding tert-OH is 2. The van der Waals surface area contributed by atoms with Gasteiger partial charge in [-0.3, -0.25) is 0 Å². The van der Waals surface area contributed by atoms with Crippen LogP contribution in [0.25, 0.3) is 0 Å². The molecule has 96 valence electrons. The molecule has 0 fully saturated rings. The summed E-state index contributed by atoms with van der Waals surface area (Å²) in [7, 11) is 1.62. The number of aryl methyl sites for hydroxylation is 1. The Hall–Kier alpha value is -1.10. The topological polar surface area (TPSA) is 75.7 Å². The standard InChI is InChI=1S/C13H21NO3/c1-7-5-10(12(16)11(15)6-14)8(2)9(3)13(7)17-4/h5,11-12,15-16H,6,14H2,1-4H3. The molecule has 17 heavy (non-hydrogen) atoms. The van der Waals surface area contributed by atoms with Crippen molar-refractivity contribution < 1.29 is 14.9 Å². The van der Waals surface area contributed by atoms with Crippen molar-refractivity contribution in [2.75, 3.05) is 13.7 Å². The van der Waals surface area contributed by atoms with Crippen LogP contribution < -0.4 is 10.5 Å². The van der Waals surface area contributed by atoms with Crippen LogP contribution in [-0.4, -0.2) is 30.0 Å². The highest BCUT2D eigenvalue weighted by atomic mass is 16.5. The van der Waals surface area contributed by atoms with Gasteiger partial charge in [0.1, 0.15) is 11.9 Å². The Bertz CT molecular complexity index is 404. The maximum Gasteiger partial charge on any atom is 0.124 e. The lowest BCUT2D eigenvalue weighted by molar-refractivity contribution is 0.0239. The molecule has 0 aromatic heterocycles. The van der Waals surface area contributed by atoms with E-state index in [2.05, 4.69) is 0 Å². The predicted molar refractivity (Wildman–Crippen MR) is 67.2 cm³/mol. The molecule has 0 aliphatic heterocycles. The van der Waals surface area contributed by atoms with Gasteiger partial charge in [0.2, 0.25) is 0 Å². The van der Waals surface area contributed by atoms with E-state index < -0.39 is 12.2 Å². The summed E-state index contributed by atoms with van der Waals surface area (Å²) in [6.07, 6.45) is -1.90. The smallest absolute Gasteiger partial charge is 0.124 e. The minimum atomic E-state index is -0.955. The van der Waals surface area contributed by atoms with Gasteiger partial charge >= 0.3 is 0 Å². The first kappa shape index (κ1) is 14.0. The summed E-state index contributed by atoms with van der Waals surface area (Å²) in [6, 6.07) is 1.84. The van der Waals surface area contributed by atoms with E-state index in [-0.39, 0.29) is 6.54 Å². The molecule has 1 aromatic rings. The third-order valence-electron chi connectivity index (χ3n) is 3.19. The number of nitrogens with two attached hydrogens (primary N) is 1. The fraction of sp³-hybridized carbons (Fsp3) is 0.538. The van der Waals surface area contributed by atoms with Gasteiger partial charge in [-0.1, -0.05) is 0 Å². The zero-order chi connectivity index (χ0) is 13.2. The van der Waals surface area contributed by atoms with Crippen LogP contribution in [0.3, 0.4) is 0 Å². The summed E-state index contributed by atoms with van der Waals surface area (Å²) < 4.78 is 5.31. The van der Waals surface area contributed by atoms with Gasteiger partial charge in [0.05, 0.1) is 13.2 Å². The molecule has 1 aromatic carbocycles. The van der Waals surface area contributed by atoms with Gasteiger partial charge in [-0.05, 0) is 49.1 Å². The van der Waals surface area contributed by atoms with Gasteiger partial charge in [-0.25, -0.2) is 0 Å². The summed E-state index contributed by atoms with van der Waals surface area (Å²) in [5.74, 6) is 0.820. The van der Waals surface area contributed by atoms with E-state index in [1.54, 1.807) is 7.11 Å². The van der Waals surface area contributed by atoms with Crippen LogP contribution in [-0.2, 0) is 0 Å². The number of benzene rings is 1. The Morgan fingerprint density at radius 3 is 2.29 bits per heavy atom. The van der Waals surface area contributed by atoms with E-state index in [9.17, 15) is 10.2 Å². The van der Waals surface area contributed by atoms with Crippen LogP contribution in [0.4, 0.5) is 0 Å². The first-order valence-electron chi connectivity index (χ1n) is 5.64. The quantitative estimate of drug-likeness (QED) is 0.732. The normalized spacial score (nSPS) is 14.5. The molecule has 0 saturated heterocycles. The van der Waals surface area contributed by atoms with Gasteiger partial charge in [-0.15, -0.1) is 0 Å². The lowest BCUT2D eigenvalue weighted by Gasteiger charge is -2.22. The molecular formula is C13H21NO3. The third-order valence-corrected chi connectivity index (χ3v) is 3.19. The van der Waals surface area contributed by atoms with E-state index in [0.717, 1.165) is 22.4 Å². The van der Waals surface area contributed by atoms with Crippen molar-refractivity contribution in [3.8, 4) is 5.75 Å². The van der Waals surface area contributed by atoms with Crippen LogP contribution in [0.1, 0.15) is 28.4 Å². The highest BCUT2D eigenvalue weighted by molar-refractivity contribution is 5.49. The Kier molecular flexibility index (Phi) is 4.51. The summed E-state index contributed by atoms with van der Waals surface area (Å²) in [5, 5.41) is 19.6. The molecular weight excluding hydrogens is 218 g/mol. The van der Waals surface area contributed by atoms with Crippen molar-refractivity contribution in [1.29, 1.82) is 0 Å². The maximum absolute atomic E-state index is 10.0. The number of hydrogen-bond acceptors (Lipinski definition) is 4. The fourth-order valence-corrected chi connectivity index (χ4v) is 2.05. The highest BCUT2D eigenvalue weighted by Crippen LogP contribution is 2.32. The monoisotopic (exact) mass is 239 g/mol.